The van der Waals surface area contributed by atoms with Crippen LogP contribution in [0.15, 0.2) is 26.6 Å². The van der Waals surface area contributed by atoms with Crippen molar-refractivity contribution in [3.63, 3.8) is 0 Å². The molecule has 0 spiro atoms. The summed E-state index contributed by atoms with van der Waals surface area (Å²) in [6, 6.07) is 3.22. The first-order valence-electron chi connectivity index (χ1n) is 4.03. The average molecular weight is 244 g/mol. The molecule has 2 rings (SSSR count). The summed E-state index contributed by atoms with van der Waals surface area (Å²) in [6.07, 6.45) is 3.01. The molecule has 0 unspecified atom stereocenters. The van der Waals surface area contributed by atoms with E-state index in [0.29, 0.717) is 11.0 Å². The molecule has 1 aromatic heterocycles. The average Bonchev–Trinajstić information content (AvgIpc) is 2.62. The molecular formula is C8H8N2O3S2. The van der Waals surface area contributed by atoms with E-state index in [0.717, 1.165) is 11.2 Å². The van der Waals surface area contributed by atoms with Gasteiger partial charge in [0.2, 0.25) is 0 Å². The number of fused-ring (bicyclic) bond motifs is 1. The Morgan fingerprint density at radius 1 is 1.27 bits per heavy atom. The van der Waals surface area contributed by atoms with Gasteiger partial charge in [0.25, 0.3) is 0 Å². The molecule has 80 valence electrons. The maximum Gasteiger partial charge on any atom is 0.177 e. The molecule has 0 amide bonds. The third kappa shape index (κ3) is 1.72. The minimum atomic E-state index is -3.30. The summed E-state index contributed by atoms with van der Waals surface area (Å²) in [5.41, 5.74) is 0.787. The molecule has 0 radical (unpaired) electrons. The van der Waals surface area contributed by atoms with E-state index < -0.39 is 9.84 Å². The fourth-order valence-electron chi connectivity index (χ4n) is 1.29. The molecule has 0 atom stereocenters. The van der Waals surface area contributed by atoms with Gasteiger partial charge in [-0.2, -0.15) is 0 Å². The smallest absolute Gasteiger partial charge is 0.177 e. The Bertz CT molecular complexity index is 603. The van der Waals surface area contributed by atoms with Crippen LogP contribution in [0.3, 0.4) is 0 Å². The minimum Gasteiger partial charge on any atom is -0.243 e. The maximum atomic E-state index is 11.4. The van der Waals surface area contributed by atoms with Gasteiger partial charge in [-0.05, 0) is 28.7 Å². The number of hydrogen-bond acceptors (Lipinski definition) is 6. The van der Waals surface area contributed by atoms with Crippen LogP contribution in [0.25, 0.3) is 11.0 Å². The second-order valence-corrected chi connectivity index (χ2v) is 5.83. The maximum absolute atomic E-state index is 11.4. The SMILES string of the molecule is CSc1ccc(S(C)(=O)=O)c2nonc12. The van der Waals surface area contributed by atoms with Crippen molar-refractivity contribution < 1.29 is 13.0 Å². The molecule has 15 heavy (non-hydrogen) atoms. The predicted molar refractivity (Wildman–Crippen MR) is 56.7 cm³/mol. The molecule has 0 fully saturated rings. The van der Waals surface area contributed by atoms with Crippen molar-refractivity contribution >= 4 is 32.6 Å². The lowest BCUT2D eigenvalue weighted by atomic mass is 10.3. The first kappa shape index (κ1) is 10.4. The number of nitrogens with zero attached hydrogens (tertiary/aromatic N) is 2. The van der Waals surface area contributed by atoms with Crippen LogP contribution in [0.1, 0.15) is 0 Å². The highest BCUT2D eigenvalue weighted by molar-refractivity contribution is 7.98. The van der Waals surface area contributed by atoms with Gasteiger partial charge in [-0.15, -0.1) is 11.8 Å². The van der Waals surface area contributed by atoms with Crippen LogP contribution in [-0.4, -0.2) is 31.2 Å². The van der Waals surface area contributed by atoms with Crippen molar-refractivity contribution in [2.24, 2.45) is 0 Å². The Labute approximate surface area is 90.7 Å². The zero-order chi connectivity index (χ0) is 11.1. The summed E-state index contributed by atoms with van der Waals surface area (Å²) in [5.74, 6) is 0. The first-order chi connectivity index (χ1) is 7.04. The lowest BCUT2D eigenvalue weighted by molar-refractivity contribution is 0.314. The predicted octanol–water partition coefficient (Wildman–Crippen LogP) is 1.35. The normalized spacial score (nSPS) is 12.1. The van der Waals surface area contributed by atoms with Gasteiger partial charge >= 0.3 is 0 Å². The highest BCUT2D eigenvalue weighted by Gasteiger charge is 2.17. The zero-order valence-corrected chi connectivity index (χ0v) is 9.72. The third-order valence-corrected chi connectivity index (χ3v) is 3.86. The van der Waals surface area contributed by atoms with E-state index in [-0.39, 0.29) is 4.90 Å². The van der Waals surface area contributed by atoms with Crippen molar-refractivity contribution in [3.05, 3.63) is 12.1 Å². The van der Waals surface area contributed by atoms with Crippen LogP contribution in [0, 0.1) is 0 Å². The Balaban J connectivity index is 2.86. The van der Waals surface area contributed by atoms with Crippen LogP contribution < -0.4 is 0 Å². The molecule has 7 heteroatoms. The van der Waals surface area contributed by atoms with Gasteiger partial charge < -0.3 is 0 Å². The Morgan fingerprint density at radius 2 is 1.93 bits per heavy atom. The highest BCUT2D eigenvalue weighted by atomic mass is 32.2. The molecule has 5 nitrogen and oxygen atoms in total. The number of hydrogen-bond donors (Lipinski definition) is 0. The Morgan fingerprint density at radius 3 is 2.53 bits per heavy atom. The largest absolute Gasteiger partial charge is 0.243 e. The van der Waals surface area contributed by atoms with Gasteiger partial charge in [0.1, 0.15) is 5.52 Å². The summed E-state index contributed by atoms with van der Waals surface area (Å²) in [7, 11) is -3.30. The number of sulfone groups is 1. The number of aromatic nitrogens is 2. The summed E-state index contributed by atoms with van der Waals surface area (Å²) in [4.78, 5) is 0.996. The lowest BCUT2D eigenvalue weighted by Gasteiger charge is -2.00. The quantitative estimate of drug-likeness (QED) is 0.742. The van der Waals surface area contributed by atoms with Gasteiger partial charge in [-0.3, -0.25) is 0 Å². The van der Waals surface area contributed by atoms with Crippen LogP contribution in [0.5, 0.6) is 0 Å². The van der Waals surface area contributed by atoms with Gasteiger partial charge in [0, 0.05) is 11.2 Å². The molecule has 0 saturated heterocycles. The van der Waals surface area contributed by atoms with Gasteiger partial charge in [0.15, 0.2) is 15.4 Å². The monoisotopic (exact) mass is 244 g/mol. The van der Waals surface area contributed by atoms with E-state index in [9.17, 15) is 8.42 Å². The van der Waals surface area contributed by atoms with E-state index in [4.69, 9.17) is 0 Å². The van der Waals surface area contributed by atoms with E-state index in [1.165, 1.54) is 17.8 Å². The third-order valence-electron chi connectivity index (χ3n) is 1.96. The van der Waals surface area contributed by atoms with E-state index in [1.807, 2.05) is 6.26 Å². The van der Waals surface area contributed by atoms with E-state index in [1.54, 1.807) is 6.07 Å². The van der Waals surface area contributed by atoms with Crippen molar-refractivity contribution in [2.75, 3.05) is 12.5 Å². The summed E-state index contributed by atoms with van der Waals surface area (Å²) in [5, 5.41) is 7.31. The zero-order valence-electron chi connectivity index (χ0n) is 8.09. The van der Waals surface area contributed by atoms with Crippen LogP contribution in [0.4, 0.5) is 0 Å². The number of thioether (sulfide) groups is 1. The Hall–Kier alpha value is -1.08. The fourth-order valence-corrected chi connectivity index (χ4v) is 2.62. The molecule has 0 saturated carbocycles. The van der Waals surface area contributed by atoms with Crippen molar-refractivity contribution in [3.8, 4) is 0 Å². The summed E-state index contributed by atoms with van der Waals surface area (Å²) >= 11 is 1.46. The molecule has 0 aliphatic rings. The number of rotatable bonds is 2. The topological polar surface area (TPSA) is 73.1 Å². The van der Waals surface area contributed by atoms with Gasteiger partial charge in [-0.1, -0.05) is 0 Å². The molecule has 0 bridgehead atoms. The number of benzene rings is 1. The summed E-state index contributed by atoms with van der Waals surface area (Å²) in [6.45, 7) is 0. The van der Waals surface area contributed by atoms with E-state index >= 15 is 0 Å². The molecule has 0 aliphatic heterocycles. The van der Waals surface area contributed by atoms with Crippen LogP contribution >= 0.6 is 11.8 Å². The first-order valence-corrected chi connectivity index (χ1v) is 7.15. The van der Waals surface area contributed by atoms with Crippen molar-refractivity contribution in [2.45, 2.75) is 9.79 Å². The fraction of sp³-hybridized carbons (Fsp3) is 0.250. The van der Waals surface area contributed by atoms with E-state index in [2.05, 4.69) is 14.9 Å². The van der Waals surface area contributed by atoms with Gasteiger partial charge in [0.05, 0.1) is 4.90 Å². The van der Waals surface area contributed by atoms with Crippen molar-refractivity contribution in [1.29, 1.82) is 0 Å². The minimum absolute atomic E-state index is 0.150. The standard InChI is InChI=1S/C8H8N2O3S2/c1-14-5-3-4-6(15(2,11)12)8-7(5)9-13-10-8/h3-4H,1-2H3. The molecule has 0 N–H and O–H groups in total. The molecule has 2 aromatic rings. The molecular weight excluding hydrogens is 236 g/mol. The molecule has 1 heterocycles. The second kappa shape index (κ2) is 3.49. The lowest BCUT2D eigenvalue weighted by Crippen LogP contribution is -1.98. The van der Waals surface area contributed by atoms with Crippen LogP contribution in [0.2, 0.25) is 0 Å². The summed E-state index contributed by atoms with van der Waals surface area (Å²) < 4.78 is 27.4. The Kier molecular flexibility index (Phi) is 2.43. The molecule has 1 aromatic carbocycles. The van der Waals surface area contributed by atoms with Crippen molar-refractivity contribution in [1.82, 2.24) is 10.3 Å². The van der Waals surface area contributed by atoms with Crippen LogP contribution in [-0.2, 0) is 9.84 Å². The molecule has 0 aliphatic carbocycles. The second-order valence-electron chi connectivity index (χ2n) is 3.00. The highest BCUT2D eigenvalue weighted by Crippen LogP contribution is 2.28. The van der Waals surface area contributed by atoms with Gasteiger partial charge in [-0.25, -0.2) is 13.0 Å².